The highest BCUT2D eigenvalue weighted by Gasteiger charge is 2.24. The lowest BCUT2D eigenvalue weighted by molar-refractivity contribution is -0.175. The average Bonchev–Trinajstić information content (AvgIpc) is 2.26. The van der Waals surface area contributed by atoms with Crippen LogP contribution in [-0.2, 0) is 16.0 Å². The quantitative estimate of drug-likeness (QED) is 0.771. The predicted molar refractivity (Wildman–Crippen MR) is 74.3 cm³/mol. The number of nitrogens with two attached hydrogens (primary N) is 1. The molecule has 19 heavy (non-hydrogen) atoms. The zero-order chi connectivity index (χ0) is 14.5. The van der Waals surface area contributed by atoms with Crippen LogP contribution in [0.2, 0.25) is 0 Å². The van der Waals surface area contributed by atoms with Crippen molar-refractivity contribution in [3.63, 3.8) is 0 Å². The summed E-state index contributed by atoms with van der Waals surface area (Å²) >= 11 is 0. The molecule has 1 rings (SSSR count). The number of hydrogen-bond donors (Lipinski definition) is 2. The highest BCUT2D eigenvalue weighted by molar-refractivity contribution is 5.77. The summed E-state index contributed by atoms with van der Waals surface area (Å²) in [6.07, 6.45) is -0.261. The maximum Gasteiger partial charge on any atom is 0.221 e. The van der Waals surface area contributed by atoms with Gasteiger partial charge in [0.1, 0.15) is 0 Å². The van der Waals surface area contributed by atoms with Gasteiger partial charge in [-0.1, -0.05) is 30.3 Å². The van der Waals surface area contributed by atoms with Crippen LogP contribution in [0.5, 0.6) is 0 Å². The molecular weight excluding hydrogens is 242 g/mol. The van der Waals surface area contributed by atoms with Crippen molar-refractivity contribution in [2.24, 2.45) is 11.7 Å². The molecule has 0 saturated carbocycles. The van der Waals surface area contributed by atoms with Crippen molar-refractivity contribution in [3.05, 3.63) is 35.9 Å². The maximum atomic E-state index is 11.5. The molecule has 0 saturated heterocycles. The van der Waals surface area contributed by atoms with Gasteiger partial charge < -0.3 is 15.6 Å². The van der Waals surface area contributed by atoms with E-state index in [0.29, 0.717) is 6.42 Å². The zero-order valence-electron chi connectivity index (χ0n) is 11.8. The fourth-order valence-electron chi connectivity index (χ4n) is 1.90. The van der Waals surface area contributed by atoms with E-state index >= 15 is 0 Å². The number of carbonyl (C=O) groups is 1. The molecule has 106 valence electrons. The van der Waals surface area contributed by atoms with Gasteiger partial charge in [-0.15, -0.1) is 0 Å². The molecule has 0 aliphatic carbocycles. The minimum atomic E-state index is -0.985. The molecule has 4 heteroatoms. The van der Waals surface area contributed by atoms with E-state index in [1.165, 1.54) is 0 Å². The van der Waals surface area contributed by atoms with Crippen LogP contribution in [0.1, 0.15) is 32.8 Å². The van der Waals surface area contributed by atoms with E-state index in [0.717, 1.165) is 5.56 Å². The van der Waals surface area contributed by atoms with E-state index in [1.807, 2.05) is 51.1 Å². The summed E-state index contributed by atoms with van der Waals surface area (Å²) < 4.78 is 5.40. The first kappa shape index (κ1) is 15.7. The van der Waals surface area contributed by atoms with Crippen LogP contribution in [0.15, 0.2) is 30.3 Å². The van der Waals surface area contributed by atoms with Crippen LogP contribution in [0.4, 0.5) is 0 Å². The predicted octanol–water partition coefficient (Wildman–Crippen LogP) is 1.85. The first-order chi connectivity index (χ1) is 8.78. The Kier molecular flexibility index (Phi) is 5.51. The Morgan fingerprint density at radius 1 is 1.32 bits per heavy atom. The second-order valence-corrected chi connectivity index (χ2v) is 5.71. The van der Waals surface area contributed by atoms with Gasteiger partial charge >= 0.3 is 0 Å². The smallest absolute Gasteiger partial charge is 0.221 e. The van der Waals surface area contributed by atoms with Crippen molar-refractivity contribution in [1.29, 1.82) is 0 Å². The second-order valence-electron chi connectivity index (χ2n) is 5.71. The minimum Gasteiger partial charge on any atom is -0.369 e. The number of aliphatic hydroxyl groups is 1. The maximum absolute atomic E-state index is 11.5. The monoisotopic (exact) mass is 265 g/mol. The van der Waals surface area contributed by atoms with Gasteiger partial charge in [0.25, 0.3) is 0 Å². The molecule has 0 radical (unpaired) electrons. The Hall–Kier alpha value is -1.39. The minimum absolute atomic E-state index is 0.210. The lowest BCUT2D eigenvalue weighted by Gasteiger charge is -2.26. The number of aliphatic hydroxyl groups excluding tert-OH is 1. The first-order valence-electron chi connectivity index (χ1n) is 6.47. The van der Waals surface area contributed by atoms with Gasteiger partial charge in [0.2, 0.25) is 5.91 Å². The summed E-state index contributed by atoms with van der Waals surface area (Å²) in [5.41, 5.74) is 5.96. The fourth-order valence-corrected chi connectivity index (χ4v) is 1.90. The number of benzene rings is 1. The molecule has 2 atom stereocenters. The highest BCUT2D eigenvalue weighted by atomic mass is 16.6. The van der Waals surface area contributed by atoms with Crippen LogP contribution in [0, 0.1) is 5.92 Å². The lowest BCUT2D eigenvalue weighted by atomic mass is 9.95. The van der Waals surface area contributed by atoms with Gasteiger partial charge in [0, 0.05) is 12.3 Å². The van der Waals surface area contributed by atoms with Crippen molar-refractivity contribution >= 4 is 5.91 Å². The molecule has 0 bridgehead atoms. The molecule has 4 nitrogen and oxygen atoms in total. The van der Waals surface area contributed by atoms with Crippen LogP contribution in [0.3, 0.4) is 0 Å². The summed E-state index contributed by atoms with van der Waals surface area (Å²) in [6, 6.07) is 9.62. The van der Waals surface area contributed by atoms with E-state index in [1.54, 1.807) is 0 Å². The molecule has 1 aromatic rings. The van der Waals surface area contributed by atoms with Crippen molar-refractivity contribution in [2.75, 3.05) is 0 Å². The summed E-state index contributed by atoms with van der Waals surface area (Å²) in [5.74, 6) is -0.847. The first-order valence-corrected chi connectivity index (χ1v) is 6.47. The number of ether oxygens (including phenoxy) is 1. The average molecular weight is 265 g/mol. The Morgan fingerprint density at radius 2 is 1.89 bits per heavy atom. The molecule has 3 N–H and O–H groups in total. The van der Waals surface area contributed by atoms with Crippen LogP contribution >= 0.6 is 0 Å². The van der Waals surface area contributed by atoms with Gasteiger partial charge in [-0.25, -0.2) is 0 Å². The number of rotatable bonds is 6. The molecule has 1 aromatic carbocycles. The fraction of sp³-hybridized carbons (Fsp3) is 0.533. The third-order valence-corrected chi connectivity index (χ3v) is 2.70. The van der Waals surface area contributed by atoms with E-state index in [2.05, 4.69) is 0 Å². The van der Waals surface area contributed by atoms with Crippen LogP contribution < -0.4 is 5.73 Å². The van der Waals surface area contributed by atoms with Crippen LogP contribution in [0.25, 0.3) is 0 Å². The van der Waals surface area contributed by atoms with Crippen molar-refractivity contribution in [2.45, 2.75) is 45.5 Å². The largest absolute Gasteiger partial charge is 0.369 e. The second kappa shape index (κ2) is 6.68. The molecule has 1 amide bonds. The molecule has 0 heterocycles. The van der Waals surface area contributed by atoms with Crippen molar-refractivity contribution in [3.8, 4) is 0 Å². The Morgan fingerprint density at radius 3 is 2.37 bits per heavy atom. The number of primary amides is 1. The summed E-state index contributed by atoms with van der Waals surface area (Å²) in [4.78, 5) is 11.5. The molecule has 0 aromatic heterocycles. The molecular formula is C15H23NO3. The SMILES string of the molecule is CC(C)(C)OC(O)CC(Cc1ccccc1)C(N)=O. The van der Waals surface area contributed by atoms with Crippen molar-refractivity contribution < 1.29 is 14.6 Å². The van der Waals surface area contributed by atoms with E-state index in [4.69, 9.17) is 10.5 Å². The summed E-state index contributed by atoms with van der Waals surface area (Å²) in [6.45, 7) is 5.56. The van der Waals surface area contributed by atoms with Crippen molar-refractivity contribution in [1.82, 2.24) is 0 Å². The molecule has 2 unspecified atom stereocenters. The van der Waals surface area contributed by atoms with E-state index < -0.39 is 23.7 Å². The van der Waals surface area contributed by atoms with Crippen LogP contribution in [-0.4, -0.2) is 22.9 Å². The molecule has 0 spiro atoms. The zero-order valence-corrected chi connectivity index (χ0v) is 11.8. The van der Waals surface area contributed by atoms with Gasteiger partial charge in [-0.2, -0.15) is 0 Å². The molecule has 0 fully saturated rings. The Labute approximate surface area is 114 Å². The number of hydrogen-bond acceptors (Lipinski definition) is 3. The summed E-state index contributed by atoms with van der Waals surface area (Å²) in [5, 5.41) is 9.85. The molecule has 0 aliphatic heterocycles. The van der Waals surface area contributed by atoms with Gasteiger partial charge in [0.05, 0.1) is 5.60 Å². The normalized spacial score (nSPS) is 14.9. The van der Waals surface area contributed by atoms with E-state index in [-0.39, 0.29) is 6.42 Å². The lowest BCUT2D eigenvalue weighted by Crippen LogP contribution is -2.33. The Bertz CT molecular complexity index is 398. The van der Waals surface area contributed by atoms with Gasteiger partial charge in [0.15, 0.2) is 6.29 Å². The topological polar surface area (TPSA) is 72.6 Å². The number of amides is 1. The summed E-state index contributed by atoms with van der Waals surface area (Å²) in [7, 11) is 0. The number of carbonyl (C=O) groups excluding carboxylic acids is 1. The van der Waals surface area contributed by atoms with E-state index in [9.17, 15) is 9.90 Å². The highest BCUT2D eigenvalue weighted by Crippen LogP contribution is 2.18. The Balaban J connectivity index is 2.61. The standard InChI is InChI=1S/C15H23NO3/c1-15(2,3)19-13(17)10-12(14(16)18)9-11-7-5-4-6-8-11/h4-8,12-13,17H,9-10H2,1-3H3,(H2,16,18). The third kappa shape index (κ3) is 6.36. The van der Waals surface area contributed by atoms with Gasteiger partial charge in [-0.05, 0) is 32.8 Å². The third-order valence-electron chi connectivity index (χ3n) is 2.70. The van der Waals surface area contributed by atoms with Gasteiger partial charge in [-0.3, -0.25) is 4.79 Å². The molecule has 0 aliphatic rings.